The SMILES string of the molecule is CCC(N)c1nnc(-c2cn[nH]n2)o1. The molecule has 0 aliphatic rings. The van der Waals surface area contributed by atoms with Crippen LogP contribution in [-0.4, -0.2) is 25.6 Å². The summed E-state index contributed by atoms with van der Waals surface area (Å²) in [6.45, 7) is 1.95. The Balaban J connectivity index is 2.26. The van der Waals surface area contributed by atoms with E-state index in [4.69, 9.17) is 10.2 Å². The maximum Gasteiger partial charge on any atom is 0.269 e. The molecule has 0 saturated heterocycles. The number of hydrogen-bond donors (Lipinski definition) is 2. The highest BCUT2D eigenvalue weighted by Gasteiger charge is 2.14. The van der Waals surface area contributed by atoms with Crippen molar-refractivity contribution in [1.29, 1.82) is 0 Å². The van der Waals surface area contributed by atoms with Crippen molar-refractivity contribution in [2.75, 3.05) is 0 Å². The van der Waals surface area contributed by atoms with E-state index in [0.717, 1.165) is 6.42 Å². The zero-order valence-corrected chi connectivity index (χ0v) is 7.64. The van der Waals surface area contributed by atoms with E-state index in [1.165, 1.54) is 6.20 Å². The number of hydrogen-bond acceptors (Lipinski definition) is 6. The highest BCUT2D eigenvalue weighted by atomic mass is 16.4. The summed E-state index contributed by atoms with van der Waals surface area (Å²) in [5.41, 5.74) is 6.24. The van der Waals surface area contributed by atoms with Crippen LogP contribution in [0.4, 0.5) is 0 Å². The van der Waals surface area contributed by atoms with Gasteiger partial charge in [-0.05, 0) is 6.42 Å². The normalized spacial score (nSPS) is 13.0. The van der Waals surface area contributed by atoms with Crippen molar-refractivity contribution < 1.29 is 4.42 Å². The fraction of sp³-hybridized carbons (Fsp3) is 0.429. The van der Waals surface area contributed by atoms with E-state index in [-0.39, 0.29) is 6.04 Å². The first-order valence-electron chi connectivity index (χ1n) is 4.26. The van der Waals surface area contributed by atoms with E-state index in [1.54, 1.807) is 0 Å². The molecule has 0 bridgehead atoms. The van der Waals surface area contributed by atoms with Gasteiger partial charge in [-0.2, -0.15) is 15.4 Å². The maximum atomic E-state index is 5.72. The molecule has 3 N–H and O–H groups in total. The molecule has 0 radical (unpaired) electrons. The predicted octanol–water partition coefficient (Wildman–Crippen LogP) is 0.264. The fourth-order valence-electron chi connectivity index (χ4n) is 0.967. The Morgan fingerprint density at radius 1 is 1.57 bits per heavy atom. The molecular weight excluding hydrogens is 184 g/mol. The number of nitrogens with two attached hydrogens (primary N) is 1. The van der Waals surface area contributed by atoms with Crippen molar-refractivity contribution in [2.24, 2.45) is 5.73 Å². The predicted molar refractivity (Wildman–Crippen MR) is 46.9 cm³/mol. The molecule has 1 atom stereocenters. The van der Waals surface area contributed by atoms with Gasteiger partial charge < -0.3 is 10.2 Å². The van der Waals surface area contributed by atoms with Gasteiger partial charge in [0.25, 0.3) is 5.89 Å². The first-order valence-corrected chi connectivity index (χ1v) is 4.26. The minimum Gasteiger partial charge on any atom is -0.417 e. The Kier molecular flexibility index (Phi) is 2.23. The molecule has 2 rings (SSSR count). The summed E-state index contributed by atoms with van der Waals surface area (Å²) in [6.07, 6.45) is 2.26. The minimum atomic E-state index is -0.219. The van der Waals surface area contributed by atoms with Crippen molar-refractivity contribution in [3.8, 4) is 11.6 Å². The minimum absolute atomic E-state index is 0.219. The molecule has 74 valence electrons. The van der Waals surface area contributed by atoms with E-state index in [2.05, 4.69) is 25.6 Å². The molecule has 1 unspecified atom stereocenters. The summed E-state index contributed by atoms with van der Waals surface area (Å²) in [5.74, 6) is 0.753. The highest BCUT2D eigenvalue weighted by molar-refractivity contribution is 5.42. The van der Waals surface area contributed by atoms with Gasteiger partial charge in [-0.25, -0.2) is 0 Å². The largest absolute Gasteiger partial charge is 0.417 e. The standard InChI is InChI=1S/C7H10N6O/c1-2-4(8)6-11-12-7(14-6)5-3-9-13-10-5/h3-4H,2,8H2,1H3,(H,9,10,13). The van der Waals surface area contributed by atoms with Crippen LogP contribution in [0, 0.1) is 0 Å². The smallest absolute Gasteiger partial charge is 0.269 e. The second-order valence-corrected chi connectivity index (χ2v) is 2.82. The average Bonchev–Trinajstić information content (AvgIpc) is 2.86. The first-order chi connectivity index (χ1) is 6.81. The second-order valence-electron chi connectivity index (χ2n) is 2.82. The number of nitrogens with one attached hydrogen (secondary N) is 1. The number of aromatic nitrogens is 5. The van der Waals surface area contributed by atoms with Crippen molar-refractivity contribution >= 4 is 0 Å². The van der Waals surface area contributed by atoms with Gasteiger partial charge in [0.1, 0.15) is 0 Å². The maximum absolute atomic E-state index is 5.72. The van der Waals surface area contributed by atoms with Crippen molar-refractivity contribution in [2.45, 2.75) is 19.4 Å². The molecule has 0 aliphatic carbocycles. The van der Waals surface area contributed by atoms with Crippen LogP contribution < -0.4 is 5.73 Å². The number of H-pyrrole nitrogens is 1. The second kappa shape index (κ2) is 3.54. The Hall–Kier alpha value is -1.76. The third kappa shape index (κ3) is 1.49. The zero-order valence-electron chi connectivity index (χ0n) is 7.64. The van der Waals surface area contributed by atoms with Gasteiger partial charge in [0.05, 0.1) is 12.2 Å². The monoisotopic (exact) mass is 194 g/mol. The van der Waals surface area contributed by atoms with Gasteiger partial charge in [-0.1, -0.05) is 6.92 Å². The molecule has 0 aromatic carbocycles. The van der Waals surface area contributed by atoms with Gasteiger partial charge in [-0.3, -0.25) is 0 Å². The lowest BCUT2D eigenvalue weighted by molar-refractivity contribution is 0.451. The number of aromatic amines is 1. The molecule has 7 nitrogen and oxygen atoms in total. The lowest BCUT2D eigenvalue weighted by Gasteiger charge is -1.99. The topological polar surface area (TPSA) is 107 Å². The van der Waals surface area contributed by atoms with E-state index in [0.29, 0.717) is 17.5 Å². The van der Waals surface area contributed by atoms with E-state index in [1.807, 2.05) is 6.92 Å². The van der Waals surface area contributed by atoms with Crippen LogP contribution in [0.25, 0.3) is 11.6 Å². The molecule has 0 saturated carbocycles. The van der Waals surface area contributed by atoms with E-state index >= 15 is 0 Å². The van der Waals surface area contributed by atoms with Crippen molar-refractivity contribution in [3.63, 3.8) is 0 Å². The van der Waals surface area contributed by atoms with Gasteiger partial charge in [0.2, 0.25) is 5.89 Å². The van der Waals surface area contributed by atoms with Crippen LogP contribution in [0.1, 0.15) is 25.3 Å². The van der Waals surface area contributed by atoms with Gasteiger partial charge in [0.15, 0.2) is 5.69 Å². The summed E-state index contributed by atoms with van der Waals surface area (Å²) >= 11 is 0. The number of rotatable bonds is 3. The van der Waals surface area contributed by atoms with Crippen molar-refractivity contribution in [1.82, 2.24) is 25.6 Å². The Morgan fingerprint density at radius 3 is 3.07 bits per heavy atom. The average molecular weight is 194 g/mol. The zero-order chi connectivity index (χ0) is 9.97. The first kappa shape index (κ1) is 8.82. The van der Waals surface area contributed by atoms with Crippen LogP contribution in [0.15, 0.2) is 10.6 Å². The van der Waals surface area contributed by atoms with Gasteiger partial charge in [-0.15, -0.1) is 10.2 Å². The molecule has 0 fully saturated rings. The third-order valence-electron chi connectivity index (χ3n) is 1.83. The van der Waals surface area contributed by atoms with Crippen LogP contribution in [0.5, 0.6) is 0 Å². The van der Waals surface area contributed by atoms with Crippen molar-refractivity contribution in [3.05, 3.63) is 12.1 Å². The van der Waals surface area contributed by atoms with E-state index < -0.39 is 0 Å². The summed E-state index contributed by atoms with van der Waals surface area (Å²) in [4.78, 5) is 0. The summed E-state index contributed by atoms with van der Waals surface area (Å²) in [7, 11) is 0. The van der Waals surface area contributed by atoms with Crippen LogP contribution in [-0.2, 0) is 0 Å². The van der Waals surface area contributed by atoms with E-state index in [9.17, 15) is 0 Å². The molecule has 0 aliphatic heterocycles. The summed E-state index contributed by atoms with van der Waals surface area (Å²) in [5, 5.41) is 17.5. The molecule has 2 aromatic heterocycles. The quantitative estimate of drug-likeness (QED) is 0.726. The van der Waals surface area contributed by atoms with Crippen LogP contribution >= 0.6 is 0 Å². The Labute approximate surface area is 79.7 Å². The fourth-order valence-corrected chi connectivity index (χ4v) is 0.967. The van der Waals surface area contributed by atoms with Gasteiger partial charge >= 0.3 is 0 Å². The lowest BCUT2D eigenvalue weighted by Crippen LogP contribution is -2.08. The molecule has 0 amide bonds. The van der Waals surface area contributed by atoms with Crippen LogP contribution in [0.3, 0.4) is 0 Å². The number of nitrogens with zero attached hydrogens (tertiary/aromatic N) is 4. The molecular formula is C7H10N6O. The summed E-state index contributed by atoms with van der Waals surface area (Å²) in [6, 6.07) is -0.219. The molecule has 14 heavy (non-hydrogen) atoms. The van der Waals surface area contributed by atoms with Crippen LogP contribution in [0.2, 0.25) is 0 Å². The van der Waals surface area contributed by atoms with Gasteiger partial charge in [0, 0.05) is 0 Å². The molecule has 7 heteroatoms. The Morgan fingerprint density at radius 2 is 2.43 bits per heavy atom. The third-order valence-corrected chi connectivity index (χ3v) is 1.83. The molecule has 0 spiro atoms. The highest BCUT2D eigenvalue weighted by Crippen LogP contribution is 2.17. The molecule has 2 heterocycles. The molecule has 2 aromatic rings. The lowest BCUT2D eigenvalue weighted by atomic mass is 10.2. The Bertz CT molecular complexity index is 394. The summed E-state index contributed by atoms with van der Waals surface area (Å²) < 4.78 is 5.31.